The Balaban J connectivity index is 1.62. The molecule has 0 saturated heterocycles. The van der Waals surface area contributed by atoms with E-state index in [9.17, 15) is 14.4 Å². The summed E-state index contributed by atoms with van der Waals surface area (Å²) in [5.41, 5.74) is 2.80. The molecule has 2 N–H and O–H groups in total. The van der Waals surface area contributed by atoms with Crippen LogP contribution in [0.5, 0.6) is 5.75 Å². The van der Waals surface area contributed by atoms with E-state index in [0.29, 0.717) is 24.4 Å². The summed E-state index contributed by atoms with van der Waals surface area (Å²) < 4.78 is 10.1. The fourth-order valence-corrected chi connectivity index (χ4v) is 3.77. The van der Waals surface area contributed by atoms with Crippen molar-refractivity contribution in [2.75, 3.05) is 39.7 Å². The van der Waals surface area contributed by atoms with Crippen molar-refractivity contribution < 1.29 is 28.8 Å². The summed E-state index contributed by atoms with van der Waals surface area (Å²) in [6, 6.07) is 14.5. The molecule has 0 spiro atoms. The van der Waals surface area contributed by atoms with Gasteiger partial charge in [0.15, 0.2) is 12.6 Å². The summed E-state index contributed by atoms with van der Waals surface area (Å²) in [6.45, 7) is 0.547. The number of fused-ring (bicyclic) bond motifs is 1. The molecule has 0 saturated carbocycles. The van der Waals surface area contributed by atoms with Crippen molar-refractivity contribution in [2.45, 2.75) is 19.0 Å². The highest BCUT2D eigenvalue weighted by Gasteiger charge is 2.37. The van der Waals surface area contributed by atoms with Gasteiger partial charge in [-0.3, -0.25) is 9.59 Å². The lowest BCUT2D eigenvalue weighted by Crippen LogP contribution is -3.17. The molecule has 0 radical (unpaired) electrons. The maximum Gasteiger partial charge on any atom is 0.365 e. The summed E-state index contributed by atoms with van der Waals surface area (Å²) in [5, 5.41) is 2.76. The van der Waals surface area contributed by atoms with Gasteiger partial charge in [-0.1, -0.05) is 30.3 Å². The Morgan fingerprint density at radius 1 is 1.10 bits per heavy atom. The molecule has 8 heteroatoms. The maximum absolute atomic E-state index is 12.8. The van der Waals surface area contributed by atoms with Gasteiger partial charge in [-0.25, -0.2) is 4.79 Å². The summed E-state index contributed by atoms with van der Waals surface area (Å²) in [7, 11) is 4.49. The molecule has 31 heavy (non-hydrogen) atoms. The number of rotatable bonds is 7. The molecule has 0 bridgehead atoms. The molecular formula is C23H28N3O5+. The minimum absolute atomic E-state index is 0.0943. The number of nitrogens with zero attached hydrogens (tertiary/aromatic N) is 1. The highest BCUT2D eigenvalue weighted by Crippen LogP contribution is 2.17. The molecular weight excluding hydrogens is 398 g/mol. The van der Waals surface area contributed by atoms with Gasteiger partial charge >= 0.3 is 5.97 Å². The number of benzene rings is 2. The molecule has 8 nitrogen and oxygen atoms in total. The van der Waals surface area contributed by atoms with Crippen LogP contribution in [0.3, 0.4) is 0 Å². The third-order valence-corrected chi connectivity index (χ3v) is 5.48. The van der Waals surface area contributed by atoms with Crippen LogP contribution in [0.25, 0.3) is 0 Å². The molecule has 1 unspecified atom stereocenters. The Bertz CT molecular complexity index is 962. The molecule has 0 fully saturated rings. The first-order chi connectivity index (χ1) is 14.9. The van der Waals surface area contributed by atoms with Gasteiger partial charge in [0, 0.05) is 30.8 Å². The molecule has 1 heterocycles. The maximum atomic E-state index is 12.8. The van der Waals surface area contributed by atoms with Gasteiger partial charge < -0.3 is 24.6 Å². The van der Waals surface area contributed by atoms with Crippen LogP contribution in [-0.4, -0.2) is 63.1 Å². The van der Waals surface area contributed by atoms with Crippen LogP contribution in [0.15, 0.2) is 48.5 Å². The van der Waals surface area contributed by atoms with Crippen molar-refractivity contribution in [2.24, 2.45) is 0 Å². The number of quaternary nitrogens is 1. The zero-order valence-corrected chi connectivity index (χ0v) is 18.0. The van der Waals surface area contributed by atoms with E-state index in [1.807, 2.05) is 24.3 Å². The lowest BCUT2D eigenvalue weighted by molar-refractivity contribution is -0.925. The highest BCUT2D eigenvalue weighted by atomic mass is 16.5. The number of esters is 1. The minimum Gasteiger partial charge on any atom is -0.497 e. The first-order valence-corrected chi connectivity index (χ1v) is 10.1. The Morgan fingerprint density at radius 3 is 2.55 bits per heavy atom. The predicted octanol–water partition coefficient (Wildman–Crippen LogP) is 0.275. The van der Waals surface area contributed by atoms with Crippen LogP contribution in [0.2, 0.25) is 0 Å². The number of likely N-dealkylation sites (N-methyl/N-ethyl adjacent to an activating group) is 1. The van der Waals surface area contributed by atoms with E-state index in [2.05, 4.69) is 5.32 Å². The van der Waals surface area contributed by atoms with Gasteiger partial charge in [0.1, 0.15) is 12.3 Å². The van der Waals surface area contributed by atoms with Gasteiger partial charge in [-0.15, -0.1) is 0 Å². The average molecular weight is 426 g/mol. The highest BCUT2D eigenvalue weighted by molar-refractivity contribution is 5.94. The van der Waals surface area contributed by atoms with Gasteiger partial charge in [0.25, 0.3) is 5.91 Å². The molecule has 0 aromatic heterocycles. The van der Waals surface area contributed by atoms with Crippen LogP contribution < -0.4 is 15.0 Å². The number of hydrogen-bond acceptors (Lipinski definition) is 5. The second-order valence-electron chi connectivity index (χ2n) is 7.59. The fraction of sp³-hybridized carbons (Fsp3) is 0.348. The summed E-state index contributed by atoms with van der Waals surface area (Å²) in [6.07, 6.45) is 0.519. The first kappa shape index (κ1) is 22.3. The first-order valence-electron chi connectivity index (χ1n) is 10.1. The van der Waals surface area contributed by atoms with Crippen molar-refractivity contribution in [3.8, 4) is 5.75 Å². The Morgan fingerprint density at radius 2 is 1.84 bits per heavy atom. The molecule has 164 valence electrons. The molecule has 2 amide bonds. The van der Waals surface area contributed by atoms with Crippen molar-refractivity contribution in [1.29, 1.82) is 0 Å². The van der Waals surface area contributed by atoms with Crippen LogP contribution in [0, 0.1) is 0 Å². The molecule has 2 atom stereocenters. The fourth-order valence-electron chi connectivity index (χ4n) is 3.77. The van der Waals surface area contributed by atoms with Crippen molar-refractivity contribution in [3.63, 3.8) is 0 Å². The number of ether oxygens (including phenoxy) is 2. The van der Waals surface area contributed by atoms with Gasteiger partial charge in [-0.2, -0.15) is 0 Å². The lowest BCUT2D eigenvalue weighted by atomic mass is 9.94. The Kier molecular flexibility index (Phi) is 7.25. The predicted molar refractivity (Wildman–Crippen MR) is 115 cm³/mol. The van der Waals surface area contributed by atoms with Crippen molar-refractivity contribution in [3.05, 3.63) is 59.7 Å². The second-order valence-corrected chi connectivity index (χ2v) is 7.59. The van der Waals surface area contributed by atoms with E-state index < -0.39 is 6.04 Å². The normalized spacial score (nSPS) is 17.3. The number of carbonyl (C=O) groups is 3. The van der Waals surface area contributed by atoms with Crippen molar-refractivity contribution in [1.82, 2.24) is 4.90 Å². The molecule has 1 aliphatic rings. The topological polar surface area (TPSA) is 89.4 Å². The monoisotopic (exact) mass is 426 g/mol. The molecule has 1 aliphatic heterocycles. The van der Waals surface area contributed by atoms with E-state index in [4.69, 9.17) is 9.47 Å². The Hall–Kier alpha value is -3.39. The lowest BCUT2D eigenvalue weighted by Gasteiger charge is -2.32. The number of methoxy groups -OCH3 is 2. The molecule has 3 rings (SSSR count). The van der Waals surface area contributed by atoms with E-state index in [1.54, 1.807) is 38.4 Å². The summed E-state index contributed by atoms with van der Waals surface area (Å²) in [4.78, 5) is 39.7. The smallest absolute Gasteiger partial charge is 0.365 e. The average Bonchev–Trinajstić information content (AvgIpc) is 2.78. The zero-order chi connectivity index (χ0) is 22.4. The van der Waals surface area contributed by atoms with Crippen molar-refractivity contribution >= 4 is 23.5 Å². The van der Waals surface area contributed by atoms with Gasteiger partial charge in [0.05, 0.1) is 20.8 Å². The number of carbonyl (C=O) groups excluding carboxylic acids is 3. The zero-order valence-electron chi connectivity index (χ0n) is 18.0. The number of nitrogens with one attached hydrogen (secondary N) is 2. The summed E-state index contributed by atoms with van der Waals surface area (Å²) >= 11 is 0. The Labute approximate surface area is 181 Å². The molecule has 0 aliphatic carbocycles. The quantitative estimate of drug-likeness (QED) is 0.621. The van der Waals surface area contributed by atoms with Gasteiger partial charge in [-0.05, 0) is 17.7 Å². The number of amides is 2. The third kappa shape index (κ3) is 5.61. The van der Waals surface area contributed by atoms with Crippen LogP contribution in [-0.2, 0) is 32.1 Å². The minimum atomic E-state index is -0.456. The number of anilines is 1. The largest absolute Gasteiger partial charge is 0.497 e. The van der Waals surface area contributed by atoms with E-state index in [1.165, 1.54) is 12.0 Å². The van der Waals surface area contributed by atoms with Gasteiger partial charge in [0.2, 0.25) is 5.91 Å². The molecule has 2 aromatic carbocycles. The second kappa shape index (κ2) is 10.1. The molecule has 2 aromatic rings. The standard InChI is InChI=1S/C23H27N3O5/c1-25(14-21(27)24-18-9-6-10-19(12-18)30-2)22(28)15-26-13-17-8-5-4-7-16(17)11-20(26)23(29)31-3/h4-10,12,20H,11,13-15H2,1-3H3,(H,24,27)/p+1/t20-/m1/s1. The third-order valence-electron chi connectivity index (χ3n) is 5.48. The van der Waals surface area contributed by atoms with E-state index in [-0.39, 0.29) is 30.9 Å². The van der Waals surface area contributed by atoms with E-state index in [0.717, 1.165) is 16.0 Å². The SMILES string of the molecule is COC(=O)[C@H]1Cc2ccccc2C[NH+]1CC(=O)N(C)CC(=O)Nc1cccc(OC)c1. The van der Waals surface area contributed by atoms with Crippen LogP contribution in [0.4, 0.5) is 5.69 Å². The summed E-state index contributed by atoms with van der Waals surface area (Å²) in [5.74, 6) is -0.238. The van der Waals surface area contributed by atoms with Crippen LogP contribution >= 0.6 is 0 Å². The van der Waals surface area contributed by atoms with E-state index >= 15 is 0 Å². The van der Waals surface area contributed by atoms with Crippen LogP contribution in [0.1, 0.15) is 11.1 Å². The number of hydrogen-bond donors (Lipinski definition) is 2.